The summed E-state index contributed by atoms with van der Waals surface area (Å²) in [6.07, 6.45) is 1.27. The third-order valence-electron chi connectivity index (χ3n) is 3.91. The lowest BCUT2D eigenvalue weighted by atomic mass is 10.1. The van der Waals surface area contributed by atoms with Crippen LogP contribution in [0.3, 0.4) is 0 Å². The molecule has 1 fully saturated rings. The fourth-order valence-electron chi connectivity index (χ4n) is 2.51. The van der Waals surface area contributed by atoms with E-state index < -0.39 is 0 Å². The molecular weight excluding hydrogens is 252 g/mol. The molecule has 1 N–H and O–H groups in total. The van der Waals surface area contributed by atoms with E-state index in [9.17, 15) is 0 Å². The maximum Gasteiger partial charge on any atom is 0.0971 e. The highest BCUT2D eigenvalue weighted by Gasteiger charge is 2.48. The molecule has 0 radical (unpaired) electrons. The van der Waals surface area contributed by atoms with Crippen molar-refractivity contribution in [1.29, 1.82) is 0 Å². The number of nitrogens with one attached hydrogen (secondary N) is 1. The SMILES string of the molecule is CNCc1nc(C2CC2(C)C)sc1-c1ccccc1. The maximum absolute atomic E-state index is 4.89. The number of aromatic nitrogens is 1. The Morgan fingerprint density at radius 3 is 2.58 bits per heavy atom. The molecule has 19 heavy (non-hydrogen) atoms. The predicted molar refractivity (Wildman–Crippen MR) is 81.5 cm³/mol. The van der Waals surface area contributed by atoms with E-state index in [4.69, 9.17) is 4.98 Å². The molecule has 0 aliphatic heterocycles. The summed E-state index contributed by atoms with van der Waals surface area (Å²) in [4.78, 5) is 6.22. The molecule has 0 saturated heterocycles. The van der Waals surface area contributed by atoms with Crippen LogP contribution in [0.15, 0.2) is 30.3 Å². The average molecular weight is 272 g/mol. The Bertz CT molecular complexity index is 572. The van der Waals surface area contributed by atoms with Crippen LogP contribution in [0.25, 0.3) is 10.4 Å². The molecule has 3 heteroatoms. The van der Waals surface area contributed by atoms with Crippen molar-refractivity contribution >= 4 is 11.3 Å². The second-order valence-electron chi connectivity index (χ2n) is 5.97. The van der Waals surface area contributed by atoms with E-state index in [-0.39, 0.29) is 0 Å². The van der Waals surface area contributed by atoms with Crippen molar-refractivity contribution in [2.24, 2.45) is 5.41 Å². The molecule has 1 saturated carbocycles. The van der Waals surface area contributed by atoms with Gasteiger partial charge in [-0.3, -0.25) is 0 Å². The third-order valence-corrected chi connectivity index (χ3v) is 5.17. The van der Waals surface area contributed by atoms with Crippen molar-refractivity contribution in [3.63, 3.8) is 0 Å². The van der Waals surface area contributed by atoms with Gasteiger partial charge in [-0.15, -0.1) is 11.3 Å². The van der Waals surface area contributed by atoms with Gasteiger partial charge in [0.15, 0.2) is 0 Å². The monoisotopic (exact) mass is 272 g/mol. The Kier molecular flexibility index (Phi) is 3.19. The van der Waals surface area contributed by atoms with Crippen LogP contribution >= 0.6 is 11.3 Å². The fraction of sp³-hybridized carbons (Fsp3) is 0.438. The second kappa shape index (κ2) is 4.73. The normalized spacial score (nSPS) is 20.5. The Balaban J connectivity index is 1.99. The highest BCUT2D eigenvalue weighted by molar-refractivity contribution is 7.15. The number of benzene rings is 1. The van der Waals surface area contributed by atoms with Crippen LogP contribution in [0.2, 0.25) is 0 Å². The van der Waals surface area contributed by atoms with E-state index in [1.54, 1.807) is 0 Å². The lowest BCUT2D eigenvalue weighted by Crippen LogP contribution is -2.06. The van der Waals surface area contributed by atoms with Crippen LogP contribution in [0.4, 0.5) is 0 Å². The van der Waals surface area contributed by atoms with E-state index in [0.717, 1.165) is 6.54 Å². The van der Waals surface area contributed by atoms with Crippen LogP contribution in [0.5, 0.6) is 0 Å². The predicted octanol–water partition coefficient (Wildman–Crippen LogP) is 4.04. The first-order valence-corrected chi connectivity index (χ1v) is 7.63. The molecule has 0 amide bonds. The van der Waals surface area contributed by atoms with Gasteiger partial charge < -0.3 is 5.32 Å². The number of thiazole rings is 1. The molecular formula is C16H20N2S. The number of hydrogen-bond acceptors (Lipinski definition) is 3. The molecule has 1 aliphatic rings. The quantitative estimate of drug-likeness (QED) is 0.908. The summed E-state index contributed by atoms with van der Waals surface area (Å²) in [6, 6.07) is 10.6. The maximum atomic E-state index is 4.89. The van der Waals surface area contributed by atoms with Gasteiger partial charge in [0.25, 0.3) is 0 Å². The van der Waals surface area contributed by atoms with Crippen molar-refractivity contribution in [3.8, 4) is 10.4 Å². The van der Waals surface area contributed by atoms with Gasteiger partial charge in [0.1, 0.15) is 0 Å². The number of hydrogen-bond donors (Lipinski definition) is 1. The summed E-state index contributed by atoms with van der Waals surface area (Å²) in [5, 5.41) is 4.55. The molecule has 0 bridgehead atoms. The minimum atomic E-state index is 0.447. The molecule has 1 aromatic heterocycles. The topological polar surface area (TPSA) is 24.9 Å². The summed E-state index contributed by atoms with van der Waals surface area (Å²) in [7, 11) is 1.98. The van der Waals surface area contributed by atoms with E-state index >= 15 is 0 Å². The van der Waals surface area contributed by atoms with E-state index in [1.807, 2.05) is 18.4 Å². The molecule has 1 unspecified atom stereocenters. The highest BCUT2D eigenvalue weighted by atomic mass is 32.1. The fourth-order valence-corrected chi connectivity index (χ4v) is 3.91. The van der Waals surface area contributed by atoms with Gasteiger partial charge in [-0.1, -0.05) is 44.2 Å². The Labute approximate surface area is 118 Å². The van der Waals surface area contributed by atoms with Gasteiger partial charge in [-0.25, -0.2) is 4.98 Å². The van der Waals surface area contributed by atoms with Gasteiger partial charge in [0.2, 0.25) is 0 Å². The minimum absolute atomic E-state index is 0.447. The number of nitrogens with zero attached hydrogens (tertiary/aromatic N) is 1. The summed E-state index contributed by atoms with van der Waals surface area (Å²) in [5.74, 6) is 0.658. The van der Waals surface area contributed by atoms with Gasteiger partial charge in [0, 0.05) is 12.5 Å². The number of rotatable bonds is 4. The summed E-state index contributed by atoms with van der Waals surface area (Å²) >= 11 is 1.87. The zero-order chi connectivity index (χ0) is 13.5. The molecule has 100 valence electrons. The lowest BCUT2D eigenvalue weighted by Gasteiger charge is -2.00. The van der Waals surface area contributed by atoms with Crippen LogP contribution in [-0.2, 0) is 6.54 Å². The van der Waals surface area contributed by atoms with Crippen molar-refractivity contribution in [1.82, 2.24) is 10.3 Å². The Morgan fingerprint density at radius 1 is 1.32 bits per heavy atom. The largest absolute Gasteiger partial charge is 0.314 e. The standard InChI is InChI=1S/C16H20N2S/c1-16(2)9-12(16)15-18-13(10-17-3)14(19-15)11-7-5-4-6-8-11/h4-8,12,17H,9-10H2,1-3H3. The summed E-state index contributed by atoms with van der Waals surface area (Å²) in [6.45, 7) is 5.51. The summed E-state index contributed by atoms with van der Waals surface area (Å²) < 4.78 is 0. The van der Waals surface area contributed by atoms with E-state index in [1.165, 1.54) is 27.6 Å². The molecule has 0 spiro atoms. The van der Waals surface area contributed by atoms with E-state index in [2.05, 4.69) is 49.5 Å². The molecule has 2 nitrogen and oxygen atoms in total. The zero-order valence-electron chi connectivity index (χ0n) is 11.7. The minimum Gasteiger partial charge on any atom is -0.314 e. The van der Waals surface area contributed by atoms with Gasteiger partial charge in [-0.2, -0.15) is 0 Å². The van der Waals surface area contributed by atoms with Crippen molar-refractivity contribution in [2.75, 3.05) is 7.05 Å². The molecule has 1 heterocycles. The second-order valence-corrected chi connectivity index (χ2v) is 7.00. The Morgan fingerprint density at radius 2 is 2.00 bits per heavy atom. The van der Waals surface area contributed by atoms with Crippen molar-refractivity contribution < 1.29 is 0 Å². The zero-order valence-corrected chi connectivity index (χ0v) is 12.6. The first-order chi connectivity index (χ1) is 9.12. The highest BCUT2D eigenvalue weighted by Crippen LogP contribution is 2.59. The first-order valence-electron chi connectivity index (χ1n) is 6.81. The van der Waals surface area contributed by atoms with Crippen molar-refractivity contribution in [2.45, 2.75) is 32.7 Å². The van der Waals surface area contributed by atoms with Crippen LogP contribution in [-0.4, -0.2) is 12.0 Å². The van der Waals surface area contributed by atoms with E-state index in [0.29, 0.717) is 11.3 Å². The van der Waals surface area contributed by atoms with Gasteiger partial charge >= 0.3 is 0 Å². The molecule has 1 aromatic carbocycles. The molecule has 3 rings (SSSR count). The molecule has 1 aliphatic carbocycles. The van der Waals surface area contributed by atoms with Gasteiger partial charge in [0.05, 0.1) is 15.6 Å². The molecule has 1 atom stereocenters. The average Bonchev–Trinajstić information content (AvgIpc) is 2.86. The summed E-state index contributed by atoms with van der Waals surface area (Å²) in [5.41, 5.74) is 2.93. The third kappa shape index (κ3) is 2.45. The molecule has 2 aromatic rings. The van der Waals surface area contributed by atoms with Crippen LogP contribution in [0.1, 0.15) is 36.9 Å². The Hall–Kier alpha value is -1.19. The lowest BCUT2D eigenvalue weighted by molar-refractivity contribution is 0.619. The van der Waals surface area contributed by atoms with Crippen molar-refractivity contribution in [3.05, 3.63) is 41.0 Å². The van der Waals surface area contributed by atoms with Gasteiger partial charge in [-0.05, 0) is 24.4 Å². The smallest absolute Gasteiger partial charge is 0.0971 e. The van der Waals surface area contributed by atoms with Crippen LogP contribution in [0, 0.1) is 5.41 Å². The van der Waals surface area contributed by atoms with Crippen LogP contribution < -0.4 is 5.32 Å². The first kappa shape index (κ1) is 12.8.